The number of amides is 5. The highest BCUT2D eigenvalue weighted by Gasteiger charge is 2.46. The van der Waals surface area contributed by atoms with Gasteiger partial charge < -0.3 is 20.7 Å². The third-order valence-corrected chi connectivity index (χ3v) is 10.7. The number of primary amides is 1. The fraction of sp³-hybridized carbons (Fsp3) is 0.425. The Balaban J connectivity index is 0.000000208. The number of carbonyl (C=O) groups excluding carboxylic acids is 5. The van der Waals surface area contributed by atoms with Gasteiger partial charge in [0.1, 0.15) is 17.6 Å². The second kappa shape index (κ2) is 16.1. The molecule has 2 aromatic carbocycles. The molecule has 1 atom stereocenters. The van der Waals surface area contributed by atoms with Crippen LogP contribution in [0.2, 0.25) is 0 Å². The molecule has 1 saturated carbocycles. The minimum atomic E-state index is -1.01. The number of nitrogens with zero attached hydrogens (tertiary/aromatic N) is 5. The minimum absolute atomic E-state index is 0.0706. The first-order valence-electron chi connectivity index (χ1n) is 18.9. The summed E-state index contributed by atoms with van der Waals surface area (Å²) in [5, 5.41) is 10.2. The molecule has 3 aliphatic heterocycles. The summed E-state index contributed by atoms with van der Waals surface area (Å²) in [6.07, 6.45) is 11.1. The lowest BCUT2D eigenvalue weighted by Crippen LogP contribution is -2.54. The number of piperidine rings is 2. The van der Waals surface area contributed by atoms with E-state index in [1.165, 1.54) is 25.7 Å². The number of nitrogens with two attached hydrogens (primary N) is 1. The topological polar surface area (TPSA) is 181 Å². The van der Waals surface area contributed by atoms with E-state index in [2.05, 4.69) is 38.6 Å². The summed E-state index contributed by atoms with van der Waals surface area (Å²) in [4.78, 5) is 69.0. The Labute approximate surface area is 313 Å². The quantitative estimate of drug-likeness (QED) is 0.196. The van der Waals surface area contributed by atoms with Gasteiger partial charge in [-0.2, -0.15) is 9.61 Å². The molecule has 5 heterocycles. The zero-order valence-corrected chi connectivity index (χ0v) is 30.5. The Kier molecular flexibility index (Phi) is 10.9. The molecule has 4 aliphatic rings. The normalized spacial score (nSPS) is 19.1. The van der Waals surface area contributed by atoms with Crippen molar-refractivity contribution in [2.24, 2.45) is 11.7 Å². The lowest BCUT2D eigenvalue weighted by atomic mass is 9.97. The first kappa shape index (κ1) is 36.6. The van der Waals surface area contributed by atoms with E-state index in [4.69, 9.17) is 10.5 Å². The Hall–Kier alpha value is -5.79. The lowest BCUT2D eigenvalue weighted by molar-refractivity contribution is -0.136. The number of aromatic nitrogens is 3. The smallest absolute Gasteiger partial charge is 0.266 e. The van der Waals surface area contributed by atoms with Gasteiger partial charge >= 0.3 is 0 Å². The van der Waals surface area contributed by atoms with Crippen LogP contribution in [-0.2, 0) is 16.0 Å². The van der Waals surface area contributed by atoms with Crippen LogP contribution in [-0.4, -0.2) is 80.8 Å². The number of nitrogens with one attached hydrogen (secondary N) is 2. The van der Waals surface area contributed by atoms with Crippen LogP contribution in [0.15, 0.2) is 60.8 Å². The SMILES string of the molecule is CCCc1cc(NC2CCCC2)n2nccc2n1.NC(=O)c1ccc(N2CCC(COc3cccc4c3C(=O)N(C3CCC(=O)NC3=O)C4=O)CC2)cc1. The first-order chi connectivity index (χ1) is 26.2. The van der Waals surface area contributed by atoms with Crippen molar-refractivity contribution in [3.8, 4) is 5.75 Å². The number of benzene rings is 2. The molecule has 1 aliphatic carbocycles. The number of aryl methyl sites for hydroxylation is 1. The summed E-state index contributed by atoms with van der Waals surface area (Å²) in [6.45, 7) is 4.21. The van der Waals surface area contributed by atoms with Gasteiger partial charge in [-0.05, 0) is 80.8 Å². The predicted molar refractivity (Wildman–Crippen MR) is 201 cm³/mol. The van der Waals surface area contributed by atoms with Gasteiger partial charge in [-0.15, -0.1) is 0 Å². The molecule has 5 amide bonds. The summed E-state index contributed by atoms with van der Waals surface area (Å²) in [7, 11) is 0. The molecule has 14 nitrogen and oxygen atoms in total. The van der Waals surface area contributed by atoms with Crippen LogP contribution in [0, 0.1) is 5.92 Å². The average molecular weight is 735 g/mol. The van der Waals surface area contributed by atoms with E-state index in [9.17, 15) is 24.0 Å². The van der Waals surface area contributed by atoms with E-state index in [-0.39, 0.29) is 29.9 Å². The second-order valence-electron chi connectivity index (χ2n) is 14.4. The standard InChI is InChI=1S/C26H26N4O6.C14H20N4/c27-23(32)16-4-6-17(7-5-16)29-12-10-15(11-13-29)14-36-20-3-1-2-18-22(20)26(35)30(25(18)34)19-8-9-21(31)28-24(19)33;1-2-5-12-10-14(16-11-6-3-4-7-11)18-13(17-12)8-9-15-18/h1-7,15,19H,8-14H2,(H2,27,32)(H,28,31,33);8-11,16H,2-7H2,1H3. The summed E-state index contributed by atoms with van der Waals surface area (Å²) in [5.74, 6) is -0.944. The van der Waals surface area contributed by atoms with Crippen LogP contribution in [0.5, 0.6) is 5.75 Å². The van der Waals surface area contributed by atoms with Gasteiger partial charge in [0.25, 0.3) is 11.8 Å². The monoisotopic (exact) mass is 734 g/mol. The molecule has 2 saturated heterocycles. The highest BCUT2D eigenvalue weighted by Crippen LogP contribution is 2.34. The molecule has 4 aromatic rings. The van der Waals surface area contributed by atoms with Gasteiger partial charge in [0.15, 0.2) is 5.65 Å². The zero-order valence-electron chi connectivity index (χ0n) is 30.5. The van der Waals surface area contributed by atoms with Crippen molar-refractivity contribution in [2.45, 2.75) is 83.2 Å². The van der Waals surface area contributed by atoms with Gasteiger partial charge in [-0.3, -0.25) is 34.2 Å². The maximum absolute atomic E-state index is 13.2. The third-order valence-electron chi connectivity index (χ3n) is 10.7. The molecular formula is C40H46N8O6. The van der Waals surface area contributed by atoms with Gasteiger partial charge in [0.05, 0.1) is 23.9 Å². The van der Waals surface area contributed by atoms with Crippen molar-refractivity contribution in [3.63, 3.8) is 0 Å². The van der Waals surface area contributed by atoms with E-state index in [0.29, 0.717) is 24.0 Å². The second-order valence-corrected chi connectivity index (χ2v) is 14.4. The van der Waals surface area contributed by atoms with Crippen molar-refractivity contribution in [3.05, 3.63) is 83.2 Å². The number of imide groups is 2. The summed E-state index contributed by atoms with van der Waals surface area (Å²) >= 11 is 0. The van der Waals surface area contributed by atoms with E-state index in [1.54, 1.807) is 30.3 Å². The molecule has 14 heteroatoms. The van der Waals surface area contributed by atoms with Crippen molar-refractivity contribution in [1.82, 2.24) is 24.8 Å². The highest BCUT2D eigenvalue weighted by atomic mass is 16.5. The third kappa shape index (κ3) is 7.78. The van der Waals surface area contributed by atoms with Crippen LogP contribution in [0.1, 0.15) is 101 Å². The molecule has 2 aromatic heterocycles. The first-order valence-corrected chi connectivity index (χ1v) is 18.9. The summed E-state index contributed by atoms with van der Waals surface area (Å²) in [5.41, 5.74) is 9.28. The number of ether oxygens (including phenoxy) is 1. The van der Waals surface area contributed by atoms with Crippen LogP contribution in [0.4, 0.5) is 11.5 Å². The van der Waals surface area contributed by atoms with Crippen LogP contribution < -0.4 is 26.0 Å². The molecule has 8 rings (SSSR count). The lowest BCUT2D eigenvalue weighted by Gasteiger charge is -2.33. The van der Waals surface area contributed by atoms with Gasteiger partial charge in [-0.1, -0.05) is 32.3 Å². The number of hydrogen-bond donors (Lipinski definition) is 3. The molecule has 0 radical (unpaired) electrons. The van der Waals surface area contributed by atoms with E-state index >= 15 is 0 Å². The van der Waals surface area contributed by atoms with E-state index in [0.717, 1.165) is 66.5 Å². The maximum atomic E-state index is 13.2. The van der Waals surface area contributed by atoms with Crippen molar-refractivity contribution >= 4 is 46.7 Å². The Bertz CT molecular complexity index is 2050. The van der Waals surface area contributed by atoms with Gasteiger partial charge in [0.2, 0.25) is 17.7 Å². The summed E-state index contributed by atoms with van der Waals surface area (Å²) < 4.78 is 7.96. The van der Waals surface area contributed by atoms with Crippen molar-refractivity contribution in [1.29, 1.82) is 0 Å². The molecule has 0 bridgehead atoms. The zero-order chi connectivity index (χ0) is 37.8. The summed E-state index contributed by atoms with van der Waals surface area (Å²) in [6, 6.07) is 15.8. The molecule has 3 fully saturated rings. The number of hydrogen-bond acceptors (Lipinski definition) is 10. The minimum Gasteiger partial charge on any atom is -0.492 e. The molecular weight excluding hydrogens is 688 g/mol. The fourth-order valence-corrected chi connectivity index (χ4v) is 7.74. The number of rotatable bonds is 10. The number of carbonyl (C=O) groups is 5. The molecule has 54 heavy (non-hydrogen) atoms. The van der Waals surface area contributed by atoms with E-state index < -0.39 is 35.6 Å². The fourth-order valence-electron chi connectivity index (χ4n) is 7.74. The Morgan fingerprint density at radius 3 is 2.43 bits per heavy atom. The molecule has 1 unspecified atom stereocenters. The van der Waals surface area contributed by atoms with Crippen molar-refractivity contribution < 1.29 is 28.7 Å². The molecule has 282 valence electrons. The highest BCUT2D eigenvalue weighted by molar-refractivity contribution is 6.24. The predicted octanol–water partition coefficient (Wildman–Crippen LogP) is 4.52. The van der Waals surface area contributed by atoms with E-state index in [1.807, 2.05) is 28.9 Å². The molecule has 4 N–H and O–H groups in total. The van der Waals surface area contributed by atoms with Gasteiger partial charge in [0, 0.05) is 54.6 Å². The maximum Gasteiger partial charge on any atom is 0.266 e. The molecule has 0 spiro atoms. The van der Waals surface area contributed by atoms with Crippen LogP contribution in [0.25, 0.3) is 5.65 Å². The Morgan fingerprint density at radius 2 is 1.72 bits per heavy atom. The largest absolute Gasteiger partial charge is 0.492 e. The number of fused-ring (bicyclic) bond motifs is 2. The average Bonchev–Trinajstić information content (AvgIpc) is 3.93. The van der Waals surface area contributed by atoms with Gasteiger partial charge in [-0.25, -0.2) is 4.98 Å². The van der Waals surface area contributed by atoms with Crippen molar-refractivity contribution in [2.75, 3.05) is 29.9 Å². The van der Waals surface area contributed by atoms with Crippen LogP contribution >= 0.6 is 0 Å². The Morgan fingerprint density at radius 1 is 0.963 bits per heavy atom. The van der Waals surface area contributed by atoms with Crippen LogP contribution in [0.3, 0.4) is 0 Å². The number of anilines is 2.